The number of aliphatic hydroxyl groups is 1. The molecule has 7 atom stereocenters. The Morgan fingerprint density at radius 2 is 0.578 bits per heavy atom. The third-order valence-corrected chi connectivity index (χ3v) is 17.2. The van der Waals surface area contributed by atoms with Gasteiger partial charge in [-0.05, 0) is 49.4 Å². The predicted octanol–water partition coefficient (Wildman–Crippen LogP) is 17.4. The second-order valence-electron chi connectivity index (χ2n) is 24.6. The molecule has 0 heterocycles. The first kappa shape index (κ1) is 81.1. The van der Waals surface area contributed by atoms with Crippen molar-refractivity contribution in [2.45, 2.75) is 324 Å². The minimum atomic E-state index is -4.95. The Labute approximate surface area is 505 Å². The molecule has 0 saturated heterocycles. The molecule has 0 aliphatic rings. The number of rotatable bonds is 61. The van der Waals surface area contributed by atoms with Crippen molar-refractivity contribution >= 4 is 39.5 Å². The summed E-state index contributed by atoms with van der Waals surface area (Å²) in [4.78, 5) is 72.2. The van der Waals surface area contributed by atoms with Gasteiger partial charge in [0.05, 0.1) is 26.4 Å². The molecule has 19 heteroatoms. The van der Waals surface area contributed by atoms with Crippen molar-refractivity contribution in [3.63, 3.8) is 0 Å². The molecule has 0 fully saturated rings. The van der Waals surface area contributed by atoms with E-state index in [9.17, 15) is 43.2 Å². The number of esters is 4. The average Bonchev–Trinajstić information content (AvgIpc) is 3.44. The zero-order valence-corrected chi connectivity index (χ0v) is 55.6. The van der Waals surface area contributed by atoms with E-state index in [1.165, 1.54) is 96.3 Å². The maximum Gasteiger partial charge on any atom is 0.472 e. The first-order valence-corrected chi connectivity index (χ1v) is 36.3. The van der Waals surface area contributed by atoms with Crippen molar-refractivity contribution in [1.82, 2.24) is 0 Å². The number of phosphoric acid groups is 2. The Bertz CT molecular complexity index is 1670. The number of carbonyl (C=O) groups is 4. The Morgan fingerprint density at radius 1 is 0.337 bits per heavy atom. The maximum atomic E-state index is 13.0. The maximum absolute atomic E-state index is 13.0. The number of unbranched alkanes of at least 4 members (excludes halogenated alkanes) is 25. The molecule has 0 aromatic carbocycles. The van der Waals surface area contributed by atoms with Gasteiger partial charge in [0.2, 0.25) is 0 Å². The van der Waals surface area contributed by atoms with Crippen LogP contribution in [0.25, 0.3) is 0 Å². The second kappa shape index (κ2) is 54.2. The lowest BCUT2D eigenvalue weighted by molar-refractivity contribution is -0.161. The summed E-state index contributed by atoms with van der Waals surface area (Å²) < 4.78 is 68.0. The van der Waals surface area contributed by atoms with Crippen molar-refractivity contribution in [3.05, 3.63) is 0 Å². The van der Waals surface area contributed by atoms with E-state index in [1.54, 1.807) is 0 Å². The number of hydrogen-bond donors (Lipinski definition) is 3. The van der Waals surface area contributed by atoms with Gasteiger partial charge in [-0.2, -0.15) is 0 Å². The molecule has 0 rings (SSSR count). The summed E-state index contributed by atoms with van der Waals surface area (Å²) in [5.74, 6) is 0.766. The molecule has 0 spiro atoms. The van der Waals surface area contributed by atoms with Crippen LogP contribution >= 0.6 is 15.6 Å². The average molecular weight is 1230 g/mol. The van der Waals surface area contributed by atoms with Gasteiger partial charge in [0.25, 0.3) is 0 Å². The lowest BCUT2D eigenvalue weighted by atomic mass is 9.99. The summed E-state index contributed by atoms with van der Waals surface area (Å²) in [7, 11) is -9.89. The van der Waals surface area contributed by atoms with E-state index in [4.69, 9.17) is 37.0 Å². The fourth-order valence-corrected chi connectivity index (χ4v) is 10.9. The van der Waals surface area contributed by atoms with Gasteiger partial charge in [-0.25, -0.2) is 9.13 Å². The van der Waals surface area contributed by atoms with Gasteiger partial charge in [-0.1, -0.05) is 254 Å². The van der Waals surface area contributed by atoms with E-state index < -0.39 is 97.5 Å². The van der Waals surface area contributed by atoms with Crippen LogP contribution in [-0.4, -0.2) is 96.7 Å². The van der Waals surface area contributed by atoms with Crippen molar-refractivity contribution in [2.75, 3.05) is 39.6 Å². The summed E-state index contributed by atoms with van der Waals surface area (Å²) in [6.45, 7) is 13.9. The number of hydrogen-bond acceptors (Lipinski definition) is 15. The topological polar surface area (TPSA) is 237 Å². The highest BCUT2D eigenvalue weighted by atomic mass is 31.2. The van der Waals surface area contributed by atoms with Gasteiger partial charge in [0, 0.05) is 25.7 Å². The lowest BCUT2D eigenvalue weighted by Gasteiger charge is -2.21. The van der Waals surface area contributed by atoms with Crippen molar-refractivity contribution in [2.24, 2.45) is 23.7 Å². The van der Waals surface area contributed by atoms with Crippen molar-refractivity contribution in [3.8, 4) is 0 Å². The van der Waals surface area contributed by atoms with Crippen LogP contribution in [-0.2, 0) is 65.4 Å². The highest BCUT2D eigenvalue weighted by molar-refractivity contribution is 7.47. The van der Waals surface area contributed by atoms with Crippen LogP contribution in [0.15, 0.2) is 0 Å². The fraction of sp³-hybridized carbons (Fsp3) is 0.938. The molecule has 0 aliphatic heterocycles. The Balaban J connectivity index is 5.25. The predicted molar refractivity (Wildman–Crippen MR) is 331 cm³/mol. The van der Waals surface area contributed by atoms with Crippen LogP contribution in [0.3, 0.4) is 0 Å². The summed E-state index contributed by atoms with van der Waals surface area (Å²) >= 11 is 0. The van der Waals surface area contributed by atoms with E-state index in [0.29, 0.717) is 37.5 Å². The van der Waals surface area contributed by atoms with Crippen molar-refractivity contribution in [1.29, 1.82) is 0 Å². The number of phosphoric ester groups is 2. The van der Waals surface area contributed by atoms with Gasteiger partial charge in [0.1, 0.15) is 19.3 Å². The normalized spacial score (nSPS) is 15.1. The summed E-state index contributed by atoms with van der Waals surface area (Å²) in [6.07, 6.45) is 33.6. The van der Waals surface area contributed by atoms with Gasteiger partial charge in [-0.15, -0.1) is 0 Å². The monoisotopic (exact) mass is 1230 g/mol. The molecule has 0 saturated carbocycles. The molecule has 4 unspecified atom stereocenters. The fourth-order valence-electron chi connectivity index (χ4n) is 9.36. The van der Waals surface area contributed by atoms with E-state index >= 15 is 0 Å². The van der Waals surface area contributed by atoms with Gasteiger partial charge >= 0.3 is 39.5 Å². The van der Waals surface area contributed by atoms with Gasteiger partial charge < -0.3 is 33.8 Å². The molecule has 83 heavy (non-hydrogen) atoms. The number of aliphatic hydroxyl groups excluding tert-OH is 1. The molecule has 3 N–H and O–H groups in total. The van der Waals surface area contributed by atoms with Crippen LogP contribution in [0.1, 0.15) is 306 Å². The smallest absolute Gasteiger partial charge is 0.462 e. The van der Waals surface area contributed by atoms with E-state index in [-0.39, 0.29) is 25.7 Å². The van der Waals surface area contributed by atoms with Crippen LogP contribution in [0.4, 0.5) is 0 Å². The lowest BCUT2D eigenvalue weighted by Crippen LogP contribution is -2.30. The Morgan fingerprint density at radius 3 is 0.855 bits per heavy atom. The third-order valence-electron chi connectivity index (χ3n) is 15.3. The standard InChI is InChI=1S/C64H124O17P2/c1-9-56(7)42-34-26-17-13-11-12-14-18-30-38-46-63(68)80-59(51-75-62(67)45-37-29-23-21-27-35-43-57(8)10-2)52-78-82(70,71)76-48-58(65)49-77-83(72,73)79-53-60(50-74-61(66)44-36-28-22-20-25-33-41-55(5)6)81-64(69)47-39-31-19-15-16-24-32-40-54(3)4/h54-60,65H,9-53H2,1-8H3,(H,70,71)(H,72,73)/t56?,57?,58-,59-,60-/m1/s1. The molecular weight excluding hydrogens is 1100 g/mol. The Kier molecular flexibility index (Phi) is 53.0. The van der Waals surface area contributed by atoms with E-state index in [2.05, 4.69) is 55.4 Å². The zero-order chi connectivity index (χ0) is 61.8. The second-order valence-corrected chi connectivity index (χ2v) is 27.5. The highest BCUT2D eigenvalue weighted by Gasteiger charge is 2.30. The van der Waals surface area contributed by atoms with E-state index in [1.807, 2.05) is 0 Å². The molecule has 492 valence electrons. The third kappa shape index (κ3) is 56.3. The van der Waals surface area contributed by atoms with Gasteiger partial charge in [-0.3, -0.25) is 37.3 Å². The summed E-state index contributed by atoms with van der Waals surface area (Å²) in [6, 6.07) is 0. The summed E-state index contributed by atoms with van der Waals surface area (Å²) in [5.41, 5.74) is 0. The highest BCUT2D eigenvalue weighted by Crippen LogP contribution is 2.45. The SMILES string of the molecule is CCC(C)CCCCCCCCCCCCC(=O)O[C@H](COC(=O)CCCCCCCCC(C)CC)COP(=O)(O)OC[C@@H](O)COP(=O)(O)OC[C@@H](COC(=O)CCCCCCCCC(C)C)OC(=O)CCCCCCCCCC(C)C. The largest absolute Gasteiger partial charge is 0.472 e. The molecule has 0 radical (unpaired) electrons. The molecule has 0 aliphatic carbocycles. The number of carbonyl (C=O) groups excluding carboxylic acids is 4. The van der Waals surface area contributed by atoms with Crippen LogP contribution in [0.5, 0.6) is 0 Å². The van der Waals surface area contributed by atoms with Gasteiger partial charge in [0.15, 0.2) is 12.2 Å². The van der Waals surface area contributed by atoms with Crippen LogP contribution in [0, 0.1) is 23.7 Å². The van der Waals surface area contributed by atoms with Crippen molar-refractivity contribution < 1.29 is 80.2 Å². The Hall–Kier alpha value is -1.94. The van der Waals surface area contributed by atoms with Crippen LogP contribution in [0.2, 0.25) is 0 Å². The molecule has 0 aromatic heterocycles. The zero-order valence-electron chi connectivity index (χ0n) is 53.8. The first-order valence-electron chi connectivity index (χ1n) is 33.3. The van der Waals surface area contributed by atoms with E-state index in [0.717, 1.165) is 115 Å². The molecule has 0 bridgehead atoms. The molecular formula is C64H124O17P2. The number of ether oxygens (including phenoxy) is 4. The summed E-state index contributed by atoms with van der Waals surface area (Å²) in [5, 5.41) is 10.5. The molecule has 0 aromatic rings. The quantitative estimate of drug-likeness (QED) is 0.0222. The minimum absolute atomic E-state index is 0.102. The molecule has 17 nitrogen and oxygen atoms in total. The van der Waals surface area contributed by atoms with Crippen LogP contribution < -0.4 is 0 Å². The first-order chi connectivity index (χ1) is 39.7. The minimum Gasteiger partial charge on any atom is -0.462 e. The molecule has 0 amide bonds.